The lowest BCUT2D eigenvalue weighted by Gasteiger charge is -2.23. The number of hydrogen-bond acceptors (Lipinski definition) is 4. The quantitative estimate of drug-likeness (QED) is 0.608. The molecular formula is C24H21N3O3S. The zero-order chi connectivity index (χ0) is 21.4. The summed E-state index contributed by atoms with van der Waals surface area (Å²) >= 11 is 1.54. The van der Waals surface area contributed by atoms with Gasteiger partial charge in [0.1, 0.15) is 12.1 Å². The van der Waals surface area contributed by atoms with Crippen LogP contribution in [0.1, 0.15) is 34.0 Å². The lowest BCUT2D eigenvalue weighted by atomic mass is 9.92. The summed E-state index contributed by atoms with van der Waals surface area (Å²) in [6.07, 6.45) is 1.23. The molecule has 0 bridgehead atoms. The summed E-state index contributed by atoms with van der Waals surface area (Å²) in [4.78, 5) is 40.9. The maximum atomic E-state index is 13.3. The largest absolute Gasteiger partial charge is 0.343 e. The van der Waals surface area contributed by atoms with E-state index in [1.165, 1.54) is 0 Å². The molecule has 0 unspecified atom stereocenters. The Balaban J connectivity index is 1.36. The number of imide groups is 1. The van der Waals surface area contributed by atoms with E-state index in [1.807, 2.05) is 72.1 Å². The summed E-state index contributed by atoms with van der Waals surface area (Å²) in [5, 5.41) is 7.82. The number of carbonyl (C=O) groups excluding carboxylic acids is 3. The second kappa shape index (κ2) is 7.67. The maximum Gasteiger partial charge on any atom is 0.325 e. The molecular weight excluding hydrogens is 410 g/mol. The Kier molecular flexibility index (Phi) is 4.82. The van der Waals surface area contributed by atoms with Gasteiger partial charge in [0.15, 0.2) is 0 Å². The van der Waals surface area contributed by atoms with Crippen molar-refractivity contribution < 1.29 is 14.4 Å². The summed E-state index contributed by atoms with van der Waals surface area (Å²) < 4.78 is 0. The Morgan fingerprint density at radius 1 is 1.06 bits per heavy atom. The second-order valence-corrected chi connectivity index (χ2v) is 8.79. The molecule has 1 aromatic heterocycles. The molecule has 1 spiro atoms. The summed E-state index contributed by atoms with van der Waals surface area (Å²) in [5.74, 6) is -0.737. The molecule has 1 aliphatic heterocycles. The minimum absolute atomic E-state index is 0.316. The lowest BCUT2D eigenvalue weighted by Crippen LogP contribution is -2.44. The van der Waals surface area contributed by atoms with Gasteiger partial charge in [-0.1, -0.05) is 60.7 Å². The Bertz CT molecular complexity index is 1150. The summed E-state index contributed by atoms with van der Waals surface area (Å²) in [6, 6.07) is 20.3. The van der Waals surface area contributed by atoms with Crippen LogP contribution in [0.5, 0.6) is 0 Å². The van der Waals surface area contributed by atoms with Crippen molar-refractivity contribution in [1.29, 1.82) is 0 Å². The molecule has 2 aliphatic rings. The van der Waals surface area contributed by atoms with Crippen LogP contribution in [0.3, 0.4) is 0 Å². The van der Waals surface area contributed by atoms with E-state index < -0.39 is 11.6 Å². The van der Waals surface area contributed by atoms with Gasteiger partial charge in [0, 0.05) is 4.88 Å². The molecule has 4 amide bonds. The zero-order valence-corrected chi connectivity index (χ0v) is 17.5. The van der Waals surface area contributed by atoms with Crippen LogP contribution in [-0.2, 0) is 21.5 Å². The predicted octanol–water partition coefficient (Wildman–Crippen LogP) is 3.35. The molecule has 1 saturated heterocycles. The number of thiophene rings is 1. The Hall–Kier alpha value is -3.45. The third kappa shape index (κ3) is 3.31. The molecule has 156 valence electrons. The minimum Gasteiger partial charge on any atom is -0.343 e. The minimum atomic E-state index is -1.06. The Morgan fingerprint density at radius 2 is 1.84 bits per heavy atom. The Labute approximate surface area is 183 Å². The summed E-state index contributed by atoms with van der Waals surface area (Å²) in [7, 11) is 0. The van der Waals surface area contributed by atoms with Gasteiger partial charge in [0.25, 0.3) is 5.91 Å². The molecule has 2 aromatic carbocycles. The smallest absolute Gasteiger partial charge is 0.325 e. The van der Waals surface area contributed by atoms with E-state index in [4.69, 9.17) is 0 Å². The van der Waals surface area contributed by atoms with Crippen LogP contribution in [0.25, 0.3) is 0 Å². The van der Waals surface area contributed by atoms with E-state index in [9.17, 15) is 14.4 Å². The zero-order valence-electron chi connectivity index (χ0n) is 16.7. The van der Waals surface area contributed by atoms with Gasteiger partial charge in [-0.2, -0.15) is 0 Å². The third-order valence-corrected chi connectivity index (χ3v) is 6.93. The SMILES string of the molecule is O=C(CN1C(=O)N[C@@]2(CCc3ccccc32)C1=O)N[C@H](c1ccccc1)c1cccs1. The molecule has 2 N–H and O–H groups in total. The van der Waals surface area contributed by atoms with Gasteiger partial charge in [0.2, 0.25) is 5.91 Å². The first-order valence-electron chi connectivity index (χ1n) is 10.2. The molecule has 0 radical (unpaired) electrons. The molecule has 5 rings (SSSR count). The number of benzene rings is 2. The van der Waals surface area contributed by atoms with Crippen LogP contribution < -0.4 is 10.6 Å². The number of nitrogens with one attached hydrogen (secondary N) is 2. The summed E-state index contributed by atoms with van der Waals surface area (Å²) in [5.41, 5.74) is 1.78. The number of fused-ring (bicyclic) bond motifs is 2. The highest BCUT2D eigenvalue weighted by Crippen LogP contribution is 2.41. The van der Waals surface area contributed by atoms with Crippen molar-refractivity contribution in [2.24, 2.45) is 0 Å². The molecule has 7 heteroatoms. The van der Waals surface area contributed by atoms with Crippen LogP contribution in [0.15, 0.2) is 72.1 Å². The lowest BCUT2D eigenvalue weighted by molar-refractivity contribution is -0.135. The molecule has 3 aromatic rings. The standard InChI is InChI=1S/C24H21N3O3S/c28-20(25-21(19-11-6-14-31-19)17-8-2-1-3-9-17)15-27-22(29)24(26-23(27)30)13-12-16-7-4-5-10-18(16)24/h1-11,14,21H,12-13,15H2,(H,25,28)(H,26,30)/t21-,24-/m1/s1. The van der Waals surface area contributed by atoms with Crippen molar-refractivity contribution in [1.82, 2.24) is 15.5 Å². The second-order valence-electron chi connectivity index (χ2n) is 7.81. The number of carbonyl (C=O) groups is 3. The average molecular weight is 432 g/mol. The van der Waals surface area contributed by atoms with E-state index in [-0.39, 0.29) is 24.4 Å². The number of rotatable bonds is 5. The molecule has 6 nitrogen and oxygen atoms in total. The van der Waals surface area contributed by atoms with Gasteiger partial charge in [-0.15, -0.1) is 11.3 Å². The van der Waals surface area contributed by atoms with Crippen LogP contribution in [-0.4, -0.2) is 29.3 Å². The van der Waals surface area contributed by atoms with Crippen molar-refractivity contribution in [3.63, 3.8) is 0 Å². The number of hydrogen-bond donors (Lipinski definition) is 2. The first-order chi connectivity index (χ1) is 15.1. The summed E-state index contributed by atoms with van der Waals surface area (Å²) in [6.45, 7) is -0.316. The van der Waals surface area contributed by atoms with Gasteiger partial charge in [0.05, 0.1) is 6.04 Å². The van der Waals surface area contributed by atoms with Crippen molar-refractivity contribution in [3.05, 3.63) is 93.7 Å². The number of aryl methyl sites for hydroxylation is 1. The van der Waals surface area contributed by atoms with E-state index in [2.05, 4.69) is 10.6 Å². The first kappa shape index (κ1) is 19.5. The highest BCUT2D eigenvalue weighted by Gasteiger charge is 2.55. The molecule has 1 aliphatic carbocycles. The van der Waals surface area contributed by atoms with Crippen LogP contribution >= 0.6 is 11.3 Å². The van der Waals surface area contributed by atoms with Crippen LogP contribution in [0.2, 0.25) is 0 Å². The van der Waals surface area contributed by atoms with Gasteiger partial charge in [-0.25, -0.2) is 4.79 Å². The van der Waals surface area contributed by atoms with E-state index in [0.29, 0.717) is 6.42 Å². The van der Waals surface area contributed by atoms with Crippen molar-refractivity contribution in [2.75, 3.05) is 6.54 Å². The Morgan fingerprint density at radius 3 is 2.61 bits per heavy atom. The van der Waals surface area contributed by atoms with Gasteiger partial charge in [-0.05, 0) is 41.0 Å². The maximum absolute atomic E-state index is 13.3. The van der Waals surface area contributed by atoms with E-state index in [0.717, 1.165) is 32.9 Å². The fraction of sp³-hybridized carbons (Fsp3) is 0.208. The normalized spacial score (nSPS) is 20.6. The molecule has 0 saturated carbocycles. The highest BCUT2D eigenvalue weighted by atomic mass is 32.1. The van der Waals surface area contributed by atoms with E-state index in [1.54, 1.807) is 11.3 Å². The third-order valence-electron chi connectivity index (χ3n) is 5.99. The molecule has 2 atom stereocenters. The fourth-order valence-corrected chi connectivity index (χ4v) is 5.31. The molecule has 31 heavy (non-hydrogen) atoms. The van der Waals surface area contributed by atoms with Gasteiger partial charge < -0.3 is 10.6 Å². The van der Waals surface area contributed by atoms with Crippen LogP contribution in [0, 0.1) is 0 Å². The van der Waals surface area contributed by atoms with Crippen molar-refractivity contribution in [2.45, 2.75) is 24.4 Å². The fourth-order valence-electron chi connectivity index (χ4n) is 4.50. The van der Waals surface area contributed by atoms with Gasteiger partial charge in [-0.3, -0.25) is 14.5 Å². The number of urea groups is 1. The number of nitrogens with zero attached hydrogens (tertiary/aromatic N) is 1. The van der Waals surface area contributed by atoms with Crippen molar-refractivity contribution in [3.8, 4) is 0 Å². The number of amides is 4. The molecule has 1 fully saturated rings. The van der Waals surface area contributed by atoms with Gasteiger partial charge >= 0.3 is 6.03 Å². The predicted molar refractivity (Wildman–Crippen MR) is 117 cm³/mol. The first-order valence-corrected chi connectivity index (χ1v) is 11.1. The monoisotopic (exact) mass is 431 g/mol. The topological polar surface area (TPSA) is 78.5 Å². The highest BCUT2D eigenvalue weighted by molar-refractivity contribution is 7.10. The van der Waals surface area contributed by atoms with E-state index >= 15 is 0 Å². The van der Waals surface area contributed by atoms with Crippen molar-refractivity contribution >= 4 is 29.2 Å². The van der Waals surface area contributed by atoms with Crippen LogP contribution in [0.4, 0.5) is 4.79 Å². The molecule has 2 heterocycles. The average Bonchev–Trinajstić information content (AvgIpc) is 3.50.